The largest absolute Gasteiger partial charge is 0.480 e. The van der Waals surface area contributed by atoms with Crippen LogP contribution in [0, 0.1) is 10.1 Å². The van der Waals surface area contributed by atoms with Crippen LogP contribution in [0.3, 0.4) is 0 Å². The highest BCUT2D eigenvalue weighted by molar-refractivity contribution is 5.92. The molecule has 3 aromatic carbocycles. The quantitative estimate of drug-likeness (QED) is 0.00594. The molecule has 0 aliphatic heterocycles. The van der Waals surface area contributed by atoms with Crippen LogP contribution in [0.4, 0.5) is 56.5 Å². The number of hydrogen-bond acceptors (Lipinski definition) is 29. The number of rotatable bonds is 36. The Hall–Kier alpha value is -13.5. The summed E-state index contributed by atoms with van der Waals surface area (Å²) in [6.07, 6.45) is 33.6. The first-order valence-electron chi connectivity index (χ1n) is 47.5. The lowest BCUT2D eigenvalue weighted by atomic mass is 9.84. The van der Waals surface area contributed by atoms with E-state index < -0.39 is 58.7 Å². The maximum atomic E-state index is 13.1. The number of benzene rings is 3. The standard InChI is InChI=1S/C26H34N6O2.C25H32N6O2.C23H28N6O7.C22H36N6O4/c33-22(34)16-32-17-28-23-24(29-21-9-5-2-6-10-21)30-26(31-25(23)32)27-15-18-11-13-20(14-12-18)19-7-3-1-4-8-19;32-21(33)15-31-16-27-22-23(28-20-8-4-5-9-20)29-25(30-24(22)31)26-14-17-10-12-19(13-11-17)18-6-2-1-3-7-18;1-5-6-7-11-28(22(32)36-23(2,3)4)21-25-19-18(24-14-27(19)13-17(30)31)20(26-21)35-16-10-8-9-15(12-16)29(33)34;1-8-10-11-12-28(21(30)32-22(5,6)7)20-25-18(24-15(3)4)17-19(26-20)27(14-23-17)13-16(29)31-9-2/h11-14,17,19,21H,1-10,15-16H2,(H,33,34)(H2,27,29,30,31);10-13,16,18,20H,1-9,14-15H2,(H,32,33)(H2,26,28,29,30);8-10,12,14H,5-7,11,13H2,1-4H3,(H,30,31);14-15H,8-13H2,1-7H3,(H,24,25,26). The summed E-state index contributed by atoms with van der Waals surface area (Å²) < 4.78 is 28.1. The molecule has 0 bridgehead atoms. The van der Waals surface area contributed by atoms with Gasteiger partial charge in [-0.3, -0.25) is 29.3 Å². The van der Waals surface area contributed by atoms with Crippen LogP contribution in [0.2, 0.25) is 0 Å². The van der Waals surface area contributed by atoms with Crippen molar-refractivity contribution in [1.29, 1.82) is 0 Å². The van der Waals surface area contributed by atoms with Gasteiger partial charge in [0.25, 0.3) is 11.6 Å². The van der Waals surface area contributed by atoms with Crippen molar-refractivity contribution in [3.63, 3.8) is 0 Å². The molecular weight excluding hydrogens is 1730 g/mol. The third kappa shape index (κ3) is 29.2. The van der Waals surface area contributed by atoms with E-state index in [0.717, 1.165) is 57.8 Å². The first-order chi connectivity index (χ1) is 64.8. The zero-order valence-corrected chi connectivity index (χ0v) is 79.4. The average Bonchev–Trinajstić information content (AvgIpc) is 1.67. The van der Waals surface area contributed by atoms with Gasteiger partial charge >= 0.3 is 36.1 Å². The Balaban J connectivity index is 0.000000162. The molecule has 39 nitrogen and oxygen atoms in total. The third-order valence-corrected chi connectivity index (χ3v) is 23.3. The number of carbonyl (C=O) groups excluding carboxylic acids is 3. The van der Waals surface area contributed by atoms with Crippen LogP contribution in [-0.4, -0.2) is 183 Å². The highest BCUT2D eigenvalue weighted by Crippen LogP contribution is 2.38. The van der Waals surface area contributed by atoms with E-state index in [0.29, 0.717) is 113 Å². The number of esters is 1. The summed E-state index contributed by atoms with van der Waals surface area (Å²) >= 11 is 0. The van der Waals surface area contributed by atoms with E-state index in [1.807, 2.05) is 41.5 Å². The fourth-order valence-electron chi connectivity index (χ4n) is 16.8. The number of nitrogens with one attached hydrogen (secondary N) is 5. The Kier molecular flexibility index (Phi) is 35.7. The van der Waals surface area contributed by atoms with Crippen molar-refractivity contribution >= 4 is 128 Å². The van der Waals surface area contributed by atoms with Crippen LogP contribution in [0.1, 0.15) is 271 Å². The van der Waals surface area contributed by atoms with E-state index in [2.05, 4.69) is 132 Å². The molecule has 39 heteroatoms. The molecule has 15 rings (SSSR count). The van der Waals surface area contributed by atoms with Crippen molar-refractivity contribution < 1.29 is 68.0 Å². The molecule has 4 saturated carbocycles. The van der Waals surface area contributed by atoms with Gasteiger partial charge in [0.15, 0.2) is 62.1 Å². The van der Waals surface area contributed by atoms with Crippen LogP contribution >= 0.6 is 0 Å². The monoisotopic (exact) mass is 1860 g/mol. The van der Waals surface area contributed by atoms with Crippen LogP contribution in [0.25, 0.3) is 44.7 Å². The number of aromatic nitrogens is 16. The first-order valence-corrected chi connectivity index (χ1v) is 47.5. The number of carboxylic acid groups (broad SMARTS) is 3. The lowest BCUT2D eigenvalue weighted by molar-refractivity contribution is -0.384. The number of imidazole rings is 4. The maximum absolute atomic E-state index is 13.1. The summed E-state index contributed by atoms with van der Waals surface area (Å²) in [4.78, 5) is 140. The highest BCUT2D eigenvalue weighted by atomic mass is 16.6. The maximum Gasteiger partial charge on any atom is 0.417 e. The number of nitro benzene ring substituents is 1. The molecule has 4 aliphatic carbocycles. The van der Waals surface area contributed by atoms with Crippen LogP contribution in [-0.2, 0) is 72.7 Å². The van der Waals surface area contributed by atoms with Crippen molar-refractivity contribution in [3.8, 4) is 11.6 Å². The molecule has 0 saturated heterocycles. The third-order valence-electron chi connectivity index (χ3n) is 23.3. The molecule has 11 aromatic rings. The van der Waals surface area contributed by atoms with Crippen molar-refractivity contribution in [2.45, 2.75) is 317 Å². The van der Waals surface area contributed by atoms with Crippen LogP contribution < -0.4 is 41.1 Å². The van der Waals surface area contributed by atoms with Gasteiger partial charge in [-0.15, -0.1) is 0 Å². The average molecular weight is 1860 g/mol. The van der Waals surface area contributed by atoms with Gasteiger partial charge in [-0.2, -0.15) is 39.9 Å². The summed E-state index contributed by atoms with van der Waals surface area (Å²) in [6, 6.07) is 24.1. The predicted octanol–water partition coefficient (Wildman–Crippen LogP) is 18.9. The molecule has 8 heterocycles. The van der Waals surface area contributed by atoms with E-state index in [4.69, 9.17) is 28.9 Å². The molecule has 0 atom stereocenters. The minimum Gasteiger partial charge on any atom is -0.480 e. The van der Waals surface area contributed by atoms with Crippen molar-refractivity contribution in [2.24, 2.45) is 0 Å². The van der Waals surface area contributed by atoms with Crippen molar-refractivity contribution in [3.05, 3.63) is 130 Å². The van der Waals surface area contributed by atoms with Gasteiger partial charge in [0.05, 0.1) is 42.9 Å². The van der Waals surface area contributed by atoms with Crippen molar-refractivity contribution in [1.82, 2.24) is 78.1 Å². The Bertz CT molecular complexity index is 5800. The summed E-state index contributed by atoms with van der Waals surface area (Å²) in [5.41, 5.74) is 7.10. The second kappa shape index (κ2) is 47.9. The van der Waals surface area contributed by atoms with Crippen molar-refractivity contribution in [2.75, 3.05) is 56.1 Å². The molecule has 0 unspecified atom stereocenters. The Morgan fingerprint density at radius 2 is 0.874 bits per heavy atom. The van der Waals surface area contributed by atoms with E-state index in [1.54, 1.807) is 41.4 Å². The van der Waals surface area contributed by atoms with E-state index in [1.165, 1.54) is 183 Å². The Morgan fingerprint density at radius 3 is 1.28 bits per heavy atom. The van der Waals surface area contributed by atoms with Gasteiger partial charge in [0, 0.05) is 50.4 Å². The summed E-state index contributed by atoms with van der Waals surface area (Å²) in [5.74, 6) is 0.987. The summed E-state index contributed by atoms with van der Waals surface area (Å²) in [5, 5.41) is 56.1. The molecule has 4 aliphatic rings. The number of unbranched alkanes of at least 4 members (excludes halogenated alkanes) is 4. The molecular formula is C96H130N24O15. The predicted molar refractivity (Wildman–Crippen MR) is 515 cm³/mol. The number of fused-ring (bicyclic) bond motifs is 4. The first kappa shape index (κ1) is 100. The zero-order chi connectivity index (χ0) is 96.3. The fourth-order valence-corrected chi connectivity index (χ4v) is 16.8. The van der Waals surface area contributed by atoms with Gasteiger partial charge in [-0.05, 0) is 167 Å². The second-order valence-corrected chi connectivity index (χ2v) is 37.0. The number of aliphatic carboxylic acids is 3. The molecule has 4 fully saturated rings. The number of carboxylic acids is 3. The van der Waals surface area contributed by atoms with Crippen LogP contribution in [0.15, 0.2) is 98.1 Å². The molecule has 8 aromatic heterocycles. The number of nitro groups is 1. The molecule has 2 amide bonds. The topological polar surface area (TPSA) is 484 Å². The summed E-state index contributed by atoms with van der Waals surface area (Å²) in [7, 11) is 0. The number of hydrogen-bond donors (Lipinski definition) is 8. The zero-order valence-electron chi connectivity index (χ0n) is 79.4. The number of amides is 2. The fraction of sp³-hybridized carbons (Fsp3) is 0.542. The molecule has 8 N–H and O–H groups in total. The Morgan fingerprint density at radius 1 is 0.481 bits per heavy atom. The second-order valence-electron chi connectivity index (χ2n) is 37.0. The van der Waals surface area contributed by atoms with Gasteiger partial charge in [-0.25, -0.2) is 39.3 Å². The van der Waals surface area contributed by atoms with Gasteiger partial charge in [0.2, 0.25) is 23.8 Å². The SMILES string of the molecule is CCCCCN(C(=O)OC(C)(C)C)c1nc(NC(C)C)c2ncn(CC(=O)OCC)c2n1.CCCCCN(C(=O)OC(C)(C)C)c1nc(Oc2cccc([N+](=O)[O-])c2)c2ncn(CC(=O)O)c2n1.O=C(O)Cn1cnc2c(NC3CCCC3)nc(NCc3ccc(C4CCCCC4)cc3)nc21.O=C(O)Cn1cnc2c(NC3CCCCC3)nc(NCc3ccc(C4CCCCC4)cc3)nc21. The number of anilines is 7. The molecule has 724 valence electrons. The van der Waals surface area contributed by atoms with Crippen LogP contribution in [0.5, 0.6) is 11.6 Å². The van der Waals surface area contributed by atoms with E-state index >= 15 is 0 Å². The van der Waals surface area contributed by atoms with E-state index in [-0.39, 0.29) is 79.2 Å². The normalized spacial score (nSPS) is 14.5. The minimum absolute atomic E-state index is 0.0375. The molecule has 0 spiro atoms. The lowest BCUT2D eigenvalue weighted by Crippen LogP contribution is -2.38. The van der Waals surface area contributed by atoms with Gasteiger partial charge < -0.3 is 79.1 Å². The number of non-ortho nitro benzene ring substituents is 1. The summed E-state index contributed by atoms with van der Waals surface area (Å²) in [6.45, 7) is 21.8. The number of ether oxygens (including phenoxy) is 4. The number of carbonyl (C=O) groups is 6. The van der Waals surface area contributed by atoms with E-state index in [9.17, 15) is 54.2 Å². The lowest BCUT2D eigenvalue weighted by Gasteiger charge is -2.26. The highest BCUT2D eigenvalue weighted by Gasteiger charge is 2.32. The van der Waals surface area contributed by atoms with Gasteiger partial charge in [0.1, 0.15) is 43.1 Å². The van der Waals surface area contributed by atoms with Gasteiger partial charge in [-0.1, -0.05) is 165 Å². The molecule has 135 heavy (non-hydrogen) atoms. The minimum atomic E-state index is -1.12. The molecule has 0 radical (unpaired) electrons. The Labute approximate surface area is 785 Å². The number of nitrogens with zero attached hydrogens (tertiary/aromatic N) is 19. The smallest absolute Gasteiger partial charge is 0.417 e.